The Bertz CT molecular complexity index is 1120. The van der Waals surface area contributed by atoms with E-state index in [9.17, 15) is 19.8 Å². The molecule has 0 rings (SSSR count). The molecule has 6 heteroatoms. The Morgan fingerprint density at radius 3 is 1.40 bits per heavy atom. The molecule has 3 atom stereocenters. The number of nitrogens with one attached hydrogen (secondary N) is 1. The van der Waals surface area contributed by atoms with Gasteiger partial charge in [-0.05, 0) is 70.6 Å². The summed E-state index contributed by atoms with van der Waals surface area (Å²) in [6, 6.07) is -0.719. The molecule has 3 unspecified atom stereocenters. The predicted octanol–water partition coefficient (Wildman–Crippen LogP) is 15.0. The van der Waals surface area contributed by atoms with Crippen LogP contribution in [0.2, 0.25) is 0 Å². The van der Waals surface area contributed by atoms with E-state index in [1.54, 1.807) is 0 Å². The zero-order chi connectivity index (χ0) is 43.8. The molecule has 1 amide bonds. The molecule has 0 saturated carbocycles. The molecule has 0 bridgehead atoms. The molecule has 0 aliphatic carbocycles. The van der Waals surface area contributed by atoms with Gasteiger partial charge < -0.3 is 20.3 Å². The lowest BCUT2D eigenvalue weighted by molar-refractivity contribution is -0.151. The van der Waals surface area contributed by atoms with Gasteiger partial charge in [-0.25, -0.2) is 0 Å². The second-order valence-corrected chi connectivity index (χ2v) is 17.0. The fourth-order valence-electron chi connectivity index (χ4n) is 7.31. The molecule has 60 heavy (non-hydrogen) atoms. The minimum absolute atomic E-state index is 0.0424. The Balaban J connectivity index is 4.65. The van der Waals surface area contributed by atoms with Crippen LogP contribution >= 0.6 is 0 Å². The molecule has 0 radical (unpaired) electrons. The molecule has 0 saturated heterocycles. The van der Waals surface area contributed by atoms with Gasteiger partial charge in [0.1, 0.15) is 6.10 Å². The van der Waals surface area contributed by atoms with Crippen LogP contribution in [0.4, 0.5) is 0 Å². The van der Waals surface area contributed by atoms with Gasteiger partial charge in [0.2, 0.25) is 5.91 Å². The first kappa shape index (κ1) is 57.3. The van der Waals surface area contributed by atoms with Crippen molar-refractivity contribution in [2.75, 3.05) is 6.61 Å². The molecule has 0 aliphatic heterocycles. The lowest BCUT2D eigenvalue weighted by Crippen LogP contribution is -2.46. The van der Waals surface area contributed by atoms with Gasteiger partial charge >= 0.3 is 5.97 Å². The van der Waals surface area contributed by atoms with Crippen molar-refractivity contribution in [2.45, 2.75) is 251 Å². The van der Waals surface area contributed by atoms with Gasteiger partial charge in [0.25, 0.3) is 0 Å². The van der Waals surface area contributed by atoms with Crippen LogP contribution in [-0.4, -0.2) is 46.9 Å². The molecule has 0 fully saturated rings. The lowest BCUT2D eigenvalue weighted by atomic mass is 10.0. The first-order chi connectivity index (χ1) is 29.5. The van der Waals surface area contributed by atoms with Crippen molar-refractivity contribution in [3.63, 3.8) is 0 Å². The number of aliphatic hydroxyl groups is 2. The molecule has 0 aromatic heterocycles. The van der Waals surface area contributed by atoms with E-state index in [0.29, 0.717) is 19.3 Å². The smallest absolute Gasteiger partial charge is 0.306 e. The van der Waals surface area contributed by atoms with Gasteiger partial charge in [0, 0.05) is 6.42 Å². The predicted molar refractivity (Wildman–Crippen MR) is 259 cm³/mol. The molecular weight excluding hydrogens is 743 g/mol. The second-order valence-electron chi connectivity index (χ2n) is 17.0. The van der Waals surface area contributed by atoms with Gasteiger partial charge in [-0.3, -0.25) is 9.59 Å². The largest absolute Gasteiger partial charge is 0.462 e. The minimum Gasteiger partial charge on any atom is -0.462 e. The van der Waals surface area contributed by atoms with Crippen molar-refractivity contribution in [3.8, 4) is 0 Å². The van der Waals surface area contributed by atoms with Gasteiger partial charge in [-0.2, -0.15) is 0 Å². The van der Waals surface area contributed by atoms with Crippen molar-refractivity contribution < 1.29 is 24.5 Å². The average Bonchev–Trinajstić information content (AvgIpc) is 3.24. The highest BCUT2D eigenvalue weighted by Crippen LogP contribution is 2.17. The van der Waals surface area contributed by atoms with E-state index in [1.165, 1.54) is 96.3 Å². The first-order valence-electron chi connectivity index (χ1n) is 25.2. The van der Waals surface area contributed by atoms with Crippen LogP contribution in [-0.2, 0) is 14.3 Å². The number of allylic oxidation sites excluding steroid dienone is 12. The van der Waals surface area contributed by atoms with Gasteiger partial charge in [-0.1, -0.05) is 222 Å². The summed E-state index contributed by atoms with van der Waals surface area (Å²) in [7, 11) is 0. The van der Waals surface area contributed by atoms with Crippen LogP contribution in [0.3, 0.4) is 0 Å². The number of unbranched alkanes of at least 4 members (excludes halogenated alkanes) is 24. The number of carbonyl (C=O) groups is 2. The van der Waals surface area contributed by atoms with Crippen molar-refractivity contribution in [1.82, 2.24) is 5.32 Å². The fraction of sp³-hybridized carbons (Fsp3) is 0.741. The Morgan fingerprint density at radius 1 is 0.500 bits per heavy atom. The quantitative estimate of drug-likeness (QED) is 0.0323. The number of amides is 1. The monoisotopic (exact) mass is 838 g/mol. The van der Waals surface area contributed by atoms with E-state index in [-0.39, 0.29) is 24.9 Å². The summed E-state index contributed by atoms with van der Waals surface area (Å²) in [5, 5.41) is 23.7. The maximum absolute atomic E-state index is 13.2. The Kier molecular flexibility index (Phi) is 45.2. The average molecular weight is 838 g/mol. The lowest BCUT2D eigenvalue weighted by Gasteiger charge is -2.24. The first-order valence-corrected chi connectivity index (χ1v) is 25.2. The highest BCUT2D eigenvalue weighted by molar-refractivity contribution is 5.77. The van der Waals surface area contributed by atoms with Gasteiger partial charge in [0.05, 0.1) is 25.2 Å². The van der Waals surface area contributed by atoms with Crippen LogP contribution in [0.5, 0.6) is 0 Å². The number of rotatable bonds is 44. The third-order valence-electron chi connectivity index (χ3n) is 11.1. The molecule has 0 aromatic carbocycles. The topological polar surface area (TPSA) is 95.9 Å². The standard InChI is InChI=1S/C54H95NO5/c1-4-7-10-13-16-19-22-24-25-26-27-28-30-32-35-38-41-44-47-54(59)60-50(45-42-39-36-33-31-29-23-20-17-14-11-8-5-2)48-53(58)55-51(49-56)52(57)46-43-40-37-34-21-18-15-12-9-6-3/h8,11,14,17,20,23,25-29,31,50-52,56-57H,4-7,9-10,12-13,15-16,18-19,21-22,24,30,32-49H2,1-3H3,(H,55,58)/b11-8+,17-14+,23-20+,26-25+,28-27+,31-29-. The molecule has 3 N–H and O–H groups in total. The van der Waals surface area contributed by atoms with E-state index in [0.717, 1.165) is 89.9 Å². The number of carbonyl (C=O) groups excluding carboxylic acids is 2. The van der Waals surface area contributed by atoms with Crippen LogP contribution in [0.15, 0.2) is 72.9 Å². The zero-order valence-electron chi connectivity index (χ0n) is 39.3. The fourth-order valence-corrected chi connectivity index (χ4v) is 7.31. The number of hydrogen-bond donors (Lipinski definition) is 3. The van der Waals surface area contributed by atoms with Gasteiger partial charge in [-0.15, -0.1) is 0 Å². The Hall–Kier alpha value is -2.70. The number of hydrogen-bond acceptors (Lipinski definition) is 5. The summed E-state index contributed by atoms with van der Waals surface area (Å²) < 4.78 is 5.90. The molecule has 346 valence electrons. The van der Waals surface area contributed by atoms with Crippen molar-refractivity contribution in [1.29, 1.82) is 0 Å². The summed E-state index contributed by atoms with van der Waals surface area (Å²) in [5.74, 6) is -0.534. The summed E-state index contributed by atoms with van der Waals surface area (Å²) in [5.41, 5.74) is 0. The van der Waals surface area contributed by atoms with Crippen molar-refractivity contribution >= 4 is 11.9 Å². The zero-order valence-corrected chi connectivity index (χ0v) is 39.3. The van der Waals surface area contributed by atoms with Crippen molar-refractivity contribution in [3.05, 3.63) is 72.9 Å². The van der Waals surface area contributed by atoms with Crippen LogP contribution < -0.4 is 5.32 Å². The summed E-state index contributed by atoms with van der Waals surface area (Å²) in [6.45, 7) is 6.31. The SMILES string of the molecule is CC/C=C/C=C/C=C/C=C\CCCCCC(CC(=O)NC(CO)C(O)CCCCCCCCCCCC)OC(=O)CCCCCCC/C=C/C=C/CCCCCCCCC. The summed E-state index contributed by atoms with van der Waals surface area (Å²) >= 11 is 0. The van der Waals surface area contributed by atoms with E-state index in [4.69, 9.17) is 4.74 Å². The number of aliphatic hydroxyl groups excluding tert-OH is 2. The third kappa shape index (κ3) is 42.0. The van der Waals surface area contributed by atoms with E-state index in [1.807, 2.05) is 24.3 Å². The highest BCUT2D eigenvalue weighted by Gasteiger charge is 2.24. The van der Waals surface area contributed by atoms with Crippen LogP contribution in [0.1, 0.15) is 233 Å². The third-order valence-corrected chi connectivity index (χ3v) is 11.1. The summed E-state index contributed by atoms with van der Waals surface area (Å²) in [6.07, 6.45) is 59.6. The Morgan fingerprint density at radius 2 is 0.900 bits per heavy atom. The summed E-state index contributed by atoms with van der Waals surface area (Å²) in [4.78, 5) is 26.1. The van der Waals surface area contributed by atoms with Crippen LogP contribution in [0.25, 0.3) is 0 Å². The normalized spacial score (nSPS) is 13.9. The van der Waals surface area contributed by atoms with E-state index >= 15 is 0 Å². The number of esters is 1. The number of ether oxygens (including phenoxy) is 1. The van der Waals surface area contributed by atoms with Crippen molar-refractivity contribution in [2.24, 2.45) is 0 Å². The molecule has 0 heterocycles. The Labute approximate surface area is 371 Å². The molecule has 6 nitrogen and oxygen atoms in total. The van der Waals surface area contributed by atoms with Gasteiger partial charge in [0.15, 0.2) is 0 Å². The molecular formula is C54H95NO5. The molecule has 0 aliphatic rings. The maximum atomic E-state index is 13.2. The highest BCUT2D eigenvalue weighted by atomic mass is 16.5. The minimum atomic E-state index is -0.803. The second kappa shape index (κ2) is 47.4. The molecule has 0 aromatic rings. The van der Waals surface area contributed by atoms with E-state index < -0.39 is 18.2 Å². The van der Waals surface area contributed by atoms with E-state index in [2.05, 4.69) is 74.7 Å². The van der Waals surface area contributed by atoms with Crippen LogP contribution in [0, 0.1) is 0 Å². The molecule has 0 spiro atoms. The maximum Gasteiger partial charge on any atom is 0.306 e.